The number of nitrogens with zero attached hydrogens (tertiary/aromatic N) is 5. The molecule has 4 rings (SSSR count). The summed E-state index contributed by atoms with van der Waals surface area (Å²) in [7, 11) is 0. The molecule has 0 saturated carbocycles. The van der Waals surface area contributed by atoms with Gasteiger partial charge < -0.3 is 10.1 Å². The van der Waals surface area contributed by atoms with Crippen molar-refractivity contribution in [3.8, 4) is 0 Å². The number of amidine groups is 1. The third-order valence-corrected chi connectivity index (χ3v) is 5.84. The van der Waals surface area contributed by atoms with Gasteiger partial charge >= 0.3 is 0 Å². The number of ether oxygens (including phenoxy) is 1. The molecule has 1 aromatic carbocycles. The van der Waals surface area contributed by atoms with Crippen molar-refractivity contribution in [2.24, 2.45) is 9.98 Å². The molecule has 0 amide bonds. The second kappa shape index (κ2) is 11.7. The molecular formula is C26H34N6O2. The molecule has 3 heterocycles. The van der Waals surface area contributed by atoms with E-state index >= 15 is 0 Å². The summed E-state index contributed by atoms with van der Waals surface area (Å²) >= 11 is 0. The molecule has 0 aliphatic carbocycles. The predicted octanol–water partition coefficient (Wildman–Crippen LogP) is 3.68. The van der Waals surface area contributed by atoms with Crippen LogP contribution in [-0.2, 0) is 11.3 Å². The number of likely N-dealkylation sites (tertiary alicyclic amines) is 1. The number of benzene rings is 1. The summed E-state index contributed by atoms with van der Waals surface area (Å²) in [6, 6.07) is 11.2. The van der Waals surface area contributed by atoms with Crippen molar-refractivity contribution < 1.29 is 4.74 Å². The van der Waals surface area contributed by atoms with Crippen molar-refractivity contribution >= 4 is 17.2 Å². The molecular weight excluding hydrogens is 428 g/mol. The fraction of sp³-hybridized carbons (Fsp3) is 0.462. The Balaban J connectivity index is 1.46. The van der Waals surface area contributed by atoms with E-state index in [1.807, 2.05) is 37.3 Å². The Labute approximate surface area is 201 Å². The van der Waals surface area contributed by atoms with E-state index in [0.717, 1.165) is 48.9 Å². The maximum absolute atomic E-state index is 12.5. The topological polar surface area (TPSA) is 84.1 Å². The number of allylic oxidation sites excluding steroid dienone is 1. The molecule has 1 N–H and O–H groups in total. The normalized spacial score (nSPS) is 16.8. The highest BCUT2D eigenvalue weighted by molar-refractivity contribution is 6.11. The van der Waals surface area contributed by atoms with E-state index in [1.54, 1.807) is 12.1 Å². The minimum Gasteiger partial charge on any atom is -0.479 e. The number of nitrogens with one attached hydrogen (secondary N) is 1. The summed E-state index contributed by atoms with van der Waals surface area (Å²) in [4.78, 5) is 24.3. The van der Waals surface area contributed by atoms with Crippen molar-refractivity contribution in [1.82, 2.24) is 14.7 Å². The van der Waals surface area contributed by atoms with Gasteiger partial charge in [0.25, 0.3) is 5.56 Å². The lowest BCUT2D eigenvalue weighted by atomic mass is 10.1. The van der Waals surface area contributed by atoms with E-state index in [0.29, 0.717) is 31.2 Å². The first-order valence-corrected chi connectivity index (χ1v) is 12.2. The molecule has 0 bridgehead atoms. The van der Waals surface area contributed by atoms with E-state index in [1.165, 1.54) is 23.9 Å². The van der Waals surface area contributed by atoms with Crippen molar-refractivity contribution in [2.75, 3.05) is 38.1 Å². The maximum atomic E-state index is 12.5. The monoisotopic (exact) mass is 462 g/mol. The third-order valence-electron chi connectivity index (χ3n) is 5.84. The zero-order chi connectivity index (χ0) is 23.8. The lowest BCUT2D eigenvalue weighted by Gasteiger charge is -2.25. The summed E-state index contributed by atoms with van der Waals surface area (Å²) < 4.78 is 7.12. The minimum atomic E-state index is -0.154. The Morgan fingerprint density at radius 1 is 1.12 bits per heavy atom. The Bertz CT molecular complexity index is 1130. The molecule has 1 saturated heterocycles. The number of hydrogen-bond acceptors (Lipinski definition) is 7. The number of aromatic nitrogens is 2. The van der Waals surface area contributed by atoms with Crippen LogP contribution in [0.15, 0.2) is 63.1 Å². The first kappa shape index (κ1) is 23.9. The van der Waals surface area contributed by atoms with Gasteiger partial charge in [0.05, 0.1) is 25.4 Å². The quantitative estimate of drug-likeness (QED) is 0.545. The summed E-state index contributed by atoms with van der Waals surface area (Å²) in [6.45, 7) is 8.71. The lowest BCUT2D eigenvalue weighted by molar-refractivity contribution is 0.233. The molecule has 0 radical (unpaired) electrons. The summed E-state index contributed by atoms with van der Waals surface area (Å²) in [5.74, 6) is 1.35. The zero-order valence-corrected chi connectivity index (χ0v) is 20.2. The highest BCUT2D eigenvalue weighted by atomic mass is 16.5. The molecule has 0 unspecified atom stereocenters. The van der Waals surface area contributed by atoms with Crippen molar-refractivity contribution in [3.05, 3.63) is 70.0 Å². The number of aliphatic imine (C=N–C) groups is 2. The first-order chi connectivity index (χ1) is 16.6. The zero-order valence-electron chi connectivity index (χ0n) is 20.2. The Morgan fingerprint density at radius 3 is 2.76 bits per heavy atom. The first-order valence-electron chi connectivity index (χ1n) is 12.2. The third kappa shape index (κ3) is 6.41. The van der Waals surface area contributed by atoms with Gasteiger partial charge in [0, 0.05) is 18.3 Å². The van der Waals surface area contributed by atoms with Gasteiger partial charge in [0.2, 0.25) is 0 Å². The highest BCUT2D eigenvalue weighted by Gasteiger charge is 2.18. The van der Waals surface area contributed by atoms with Crippen LogP contribution in [0.4, 0.5) is 5.69 Å². The standard InChI is InChI=1S/C26H34N6O2/c1-3-9-24(34-4-2)28-21-11-8-10-20(16-21)18-32-25(33)13-12-23(30-32)26-27-17-22(29-26)19-31-14-6-5-7-15-31/h8-13,16,28H,3-7,14-15,17-19H2,1-2H3/b24-9+. The number of anilines is 1. The SMILES string of the molecule is CC/C=C(\Nc1cccc(Cn2nc(C3=NCC(CN4CCCCC4)=N3)ccc2=O)c1)OCC. The molecule has 2 aromatic rings. The number of rotatable bonds is 10. The Kier molecular flexibility index (Phi) is 8.25. The average Bonchev–Trinajstić information content (AvgIpc) is 3.30. The summed E-state index contributed by atoms with van der Waals surface area (Å²) in [6.07, 6.45) is 6.71. The van der Waals surface area contributed by atoms with Gasteiger partial charge in [0.1, 0.15) is 5.69 Å². The molecule has 0 spiro atoms. The molecule has 8 nitrogen and oxygen atoms in total. The fourth-order valence-electron chi connectivity index (χ4n) is 4.22. The van der Waals surface area contributed by atoms with E-state index in [-0.39, 0.29) is 5.56 Å². The highest BCUT2D eigenvalue weighted by Crippen LogP contribution is 2.15. The van der Waals surface area contributed by atoms with Crippen molar-refractivity contribution in [3.63, 3.8) is 0 Å². The van der Waals surface area contributed by atoms with Gasteiger partial charge in [-0.2, -0.15) is 5.10 Å². The molecule has 1 aromatic heterocycles. The molecule has 2 aliphatic rings. The maximum Gasteiger partial charge on any atom is 0.267 e. The van der Waals surface area contributed by atoms with E-state index in [9.17, 15) is 4.79 Å². The molecule has 0 atom stereocenters. The molecule has 2 aliphatic heterocycles. The number of piperidine rings is 1. The fourth-order valence-corrected chi connectivity index (χ4v) is 4.22. The molecule has 8 heteroatoms. The molecule has 34 heavy (non-hydrogen) atoms. The van der Waals surface area contributed by atoms with Gasteiger partial charge in [-0.15, -0.1) is 0 Å². The summed E-state index contributed by atoms with van der Waals surface area (Å²) in [5.41, 5.74) is 3.42. The average molecular weight is 463 g/mol. The van der Waals surface area contributed by atoms with Crippen LogP contribution in [0.25, 0.3) is 0 Å². The summed E-state index contributed by atoms with van der Waals surface area (Å²) in [5, 5.41) is 7.88. The van der Waals surface area contributed by atoms with Crippen LogP contribution >= 0.6 is 0 Å². The van der Waals surface area contributed by atoms with Crippen LogP contribution < -0.4 is 10.9 Å². The van der Waals surface area contributed by atoms with E-state index in [4.69, 9.17) is 9.73 Å². The number of hydrogen-bond donors (Lipinski definition) is 1. The lowest BCUT2D eigenvalue weighted by Crippen LogP contribution is -2.34. The van der Waals surface area contributed by atoms with Crippen LogP contribution in [0.3, 0.4) is 0 Å². The van der Waals surface area contributed by atoms with Gasteiger partial charge in [0.15, 0.2) is 11.7 Å². The molecule has 1 fully saturated rings. The minimum absolute atomic E-state index is 0.154. The van der Waals surface area contributed by atoms with Crippen molar-refractivity contribution in [2.45, 2.75) is 46.1 Å². The van der Waals surface area contributed by atoms with Crippen LogP contribution in [0.5, 0.6) is 0 Å². The van der Waals surface area contributed by atoms with Crippen LogP contribution in [0, 0.1) is 0 Å². The van der Waals surface area contributed by atoms with Crippen molar-refractivity contribution in [1.29, 1.82) is 0 Å². The molecule has 180 valence electrons. The van der Waals surface area contributed by atoms with E-state index < -0.39 is 0 Å². The predicted molar refractivity (Wildman–Crippen MR) is 137 cm³/mol. The second-order valence-corrected chi connectivity index (χ2v) is 8.60. The Hall–Kier alpha value is -3.26. The van der Waals surface area contributed by atoms with Crippen LogP contribution in [0.2, 0.25) is 0 Å². The largest absolute Gasteiger partial charge is 0.479 e. The smallest absolute Gasteiger partial charge is 0.267 e. The second-order valence-electron chi connectivity index (χ2n) is 8.60. The van der Waals surface area contributed by atoms with Gasteiger partial charge in [-0.1, -0.05) is 25.5 Å². The van der Waals surface area contributed by atoms with Crippen LogP contribution in [0.1, 0.15) is 50.8 Å². The van der Waals surface area contributed by atoms with E-state index in [2.05, 4.69) is 27.2 Å². The van der Waals surface area contributed by atoms with Gasteiger partial charge in [-0.25, -0.2) is 9.67 Å². The van der Waals surface area contributed by atoms with Crippen LogP contribution in [-0.4, -0.2) is 59.0 Å². The Morgan fingerprint density at radius 2 is 1.97 bits per heavy atom. The van der Waals surface area contributed by atoms with Gasteiger partial charge in [-0.3, -0.25) is 14.7 Å². The van der Waals surface area contributed by atoms with Gasteiger partial charge in [-0.05, 0) is 69.1 Å².